The van der Waals surface area contributed by atoms with Crippen molar-refractivity contribution in [3.63, 3.8) is 0 Å². The Morgan fingerprint density at radius 3 is 2.69 bits per heavy atom. The second-order valence-corrected chi connectivity index (χ2v) is 4.94. The molecule has 0 spiro atoms. The van der Waals surface area contributed by atoms with Crippen LogP contribution in [0.25, 0.3) is 0 Å². The van der Waals surface area contributed by atoms with Gasteiger partial charge >= 0.3 is 0 Å². The molecule has 0 bridgehead atoms. The van der Waals surface area contributed by atoms with Crippen molar-refractivity contribution in [3.8, 4) is 11.5 Å². The molecule has 86 valence electrons. The molecular formula is C12H14ClNO2. The van der Waals surface area contributed by atoms with Crippen molar-refractivity contribution in [2.45, 2.75) is 25.3 Å². The van der Waals surface area contributed by atoms with Crippen LogP contribution in [-0.2, 0) is 5.54 Å². The maximum absolute atomic E-state index is 6.37. The van der Waals surface area contributed by atoms with Crippen molar-refractivity contribution in [1.29, 1.82) is 0 Å². The van der Waals surface area contributed by atoms with E-state index in [0.29, 0.717) is 24.0 Å². The lowest BCUT2D eigenvalue weighted by Gasteiger charge is -2.24. The van der Waals surface area contributed by atoms with E-state index in [1.54, 1.807) is 0 Å². The highest BCUT2D eigenvalue weighted by molar-refractivity contribution is 6.33. The Labute approximate surface area is 99.5 Å². The first kappa shape index (κ1) is 10.2. The van der Waals surface area contributed by atoms with E-state index in [1.165, 1.54) is 0 Å². The maximum Gasteiger partial charge on any atom is 0.180 e. The molecule has 0 saturated heterocycles. The SMILES string of the molecule is Cc1cc2c(c(Cl)c1C1(N)CC1)OCCO2. The van der Waals surface area contributed by atoms with Crippen LogP contribution in [0.2, 0.25) is 5.02 Å². The Bertz CT molecular complexity index is 455. The van der Waals surface area contributed by atoms with Gasteiger partial charge in [-0.1, -0.05) is 11.6 Å². The Hall–Kier alpha value is -0.930. The Kier molecular flexibility index (Phi) is 2.10. The second kappa shape index (κ2) is 3.28. The molecule has 0 radical (unpaired) electrons. The van der Waals surface area contributed by atoms with Crippen LogP contribution >= 0.6 is 11.6 Å². The van der Waals surface area contributed by atoms with Gasteiger partial charge < -0.3 is 15.2 Å². The summed E-state index contributed by atoms with van der Waals surface area (Å²) in [5, 5.41) is 0.634. The van der Waals surface area contributed by atoms with E-state index < -0.39 is 0 Å². The van der Waals surface area contributed by atoms with Crippen LogP contribution in [0.1, 0.15) is 24.0 Å². The number of aryl methyl sites for hydroxylation is 1. The number of benzene rings is 1. The Balaban J connectivity index is 2.18. The van der Waals surface area contributed by atoms with Gasteiger partial charge in [0.1, 0.15) is 13.2 Å². The lowest BCUT2D eigenvalue weighted by atomic mass is 9.98. The molecule has 2 N–H and O–H groups in total. The van der Waals surface area contributed by atoms with Gasteiger partial charge in [-0.2, -0.15) is 0 Å². The summed E-state index contributed by atoms with van der Waals surface area (Å²) in [6.07, 6.45) is 1.99. The standard InChI is InChI=1S/C12H14ClNO2/c1-7-6-8-11(16-5-4-15-8)10(13)9(7)12(14)2-3-12/h6H,2-5,14H2,1H3. The summed E-state index contributed by atoms with van der Waals surface area (Å²) in [5.74, 6) is 1.40. The van der Waals surface area contributed by atoms with Crippen molar-refractivity contribution in [3.05, 3.63) is 22.2 Å². The van der Waals surface area contributed by atoms with Gasteiger partial charge in [0.15, 0.2) is 11.5 Å². The van der Waals surface area contributed by atoms with E-state index in [0.717, 1.165) is 29.7 Å². The van der Waals surface area contributed by atoms with Gasteiger partial charge in [-0.25, -0.2) is 0 Å². The molecule has 1 fully saturated rings. The highest BCUT2D eigenvalue weighted by Crippen LogP contribution is 2.52. The fourth-order valence-electron chi connectivity index (χ4n) is 2.26. The molecule has 0 atom stereocenters. The average Bonchev–Trinajstić information content (AvgIpc) is 2.97. The zero-order valence-electron chi connectivity index (χ0n) is 9.18. The zero-order chi connectivity index (χ0) is 11.3. The molecule has 0 amide bonds. The number of fused-ring (bicyclic) bond motifs is 1. The van der Waals surface area contributed by atoms with Crippen LogP contribution in [0.3, 0.4) is 0 Å². The topological polar surface area (TPSA) is 44.5 Å². The van der Waals surface area contributed by atoms with Crippen LogP contribution in [0.5, 0.6) is 11.5 Å². The van der Waals surface area contributed by atoms with Crippen molar-refractivity contribution in [2.24, 2.45) is 5.73 Å². The largest absolute Gasteiger partial charge is 0.486 e. The van der Waals surface area contributed by atoms with Gasteiger partial charge in [0.2, 0.25) is 0 Å². The van der Waals surface area contributed by atoms with Crippen molar-refractivity contribution >= 4 is 11.6 Å². The Morgan fingerprint density at radius 1 is 1.31 bits per heavy atom. The molecular weight excluding hydrogens is 226 g/mol. The summed E-state index contributed by atoms with van der Waals surface area (Å²) >= 11 is 6.37. The molecule has 1 saturated carbocycles. The summed E-state index contributed by atoms with van der Waals surface area (Å²) in [6.45, 7) is 3.15. The lowest BCUT2D eigenvalue weighted by molar-refractivity contribution is 0.171. The van der Waals surface area contributed by atoms with Gasteiger partial charge in [0, 0.05) is 5.54 Å². The fourth-order valence-corrected chi connectivity index (χ4v) is 2.75. The molecule has 1 aromatic rings. The van der Waals surface area contributed by atoms with E-state index in [2.05, 4.69) is 0 Å². The van der Waals surface area contributed by atoms with Crippen molar-refractivity contribution < 1.29 is 9.47 Å². The summed E-state index contributed by atoms with van der Waals surface area (Å²) in [6, 6.07) is 1.97. The van der Waals surface area contributed by atoms with Gasteiger partial charge in [0.05, 0.1) is 5.02 Å². The zero-order valence-corrected chi connectivity index (χ0v) is 9.93. The maximum atomic E-state index is 6.37. The van der Waals surface area contributed by atoms with E-state index in [-0.39, 0.29) is 5.54 Å². The average molecular weight is 240 g/mol. The van der Waals surface area contributed by atoms with Crippen LogP contribution in [0.15, 0.2) is 6.07 Å². The third-order valence-electron chi connectivity index (χ3n) is 3.26. The van der Waals surface area contributed by atoms with Crippen LogP contribution in [0.4, 0.5) is 0 Å². The molecule has 0 unspecified atom stereocenters. The summed E-state index contributed by atoms with van der Waals surface area (Å²) in [5.41, 5.74) is 8.10. The predicted octanol–water partition coefficient (Wildman–Crippen LogP) is 2.37. The monoisotopic (exact) mass is 239 g/mol. The van der Waals surface area contributed by atoms with E-state index in [1.807, 2.05) is 13.0 Å². The van der Waals surface area contributed by atoms with E-state index >= 15 is 0 Å². The molecule has 1 aromatic carbocycles. The van der Waals surface area contributed by atoms with E-state index in [4.69, 9.17) is 26.8 Å². The fraction of sp³-hybridized carbons (Fsp3) is 0.500. The molecule has 16 heavy (non-hydrogen) atoms. The van der Waals surface area contributed by atoms with Crippen molar-refractivity contribution in [2.75, 3.05) is 13.2 Å². The minimum absolute atomic E-state index is 0.239. The second-order valence-electron chi connectivity index (χ2n) is 4.56. The third-order valence-corrected chi connectivity index (χ3v) is 3.62. The minimum Gasteiger partial charge on any atom is -0.486 e. The predicted molar refractivity (Wildman–Crippen MR) is 62.3 cm³/mol. The molecule has 0 aromatic heterocycles. The highest BCUT2D eigenvalue weighted by Gasteiger charge is 2.44. The molecule has 4 heteroatoms. The molecule has 1 aliphatic heterocycles. The number of hydrogen-bond donors (Lipinski definition) is 1. The molecule has 1 aliphatic carbocycles. The highest BCUT2D eigenvalue weighted by atomic mass is 35.5. The van der Waals surface area contributed by atoms with Gasteiger partial charge in [0.25, 0.3) is 0 Å². The first-order chi connectivity index (χ1) is 7.62. The molecule has 1 heterocycles. The number of nitrogens with two attached hydrogens (primary N) is 1. The van der Waals surface area contributed by atoms with Gasteiger partial charge in [-0.15, -0.1) is 0 Å². The molecule has 3 nitrogen and oxygen atoms in total. The van der Waals surface area contributed by atoms with E-state index in [9.17, 15) is 0 Å². The number of hydrogen-bond acceptors (Lipinski definition) is 3. The normalized spacial score (nSPS) is 20.7. The number of ether oxygens (including phenoxy) is 2. The van der Waals surface area contributed by atoms with Crippen LogP contribution in [-0.4, -0.2) is 13.2 Å². The number of halogens is 1. The van der Waals surface area contributed by atoms with Crippen molar-refractivity contribution in [1.82, 2.24) is 0 Å². The van der Waals surface area contributed by atoms with Crippen LogP contribution in [0, 0.1) is 6.92 Å². The molecule has 3 rings (SSSR count). The van der Waals surface area contributed by atoms with Crippen LogP contribution < -0.4 is 15.2 Å². The summed E-state index contributed by atoms with van der Waals surface area (Å²) in [4.78, 5) is 0. The van der Waals surface area contributed by atoms with Gasteiger partial charge in [-0.05, 0) is 37.0 Å². The summed E-state index contributed by atoms with van der Waals surface area (Å²) < 4.78 is 11.1. The molecule has 2 aliphatic rings. The number of rotatable bonds is 1. The third kappa shape index (κ3) is 1.39. The first-order valence-corrected chi connectivity index (χ1v) is 5.88. The smallest absolute Gasteiger partial charge is 0.180 e. The summed E-state index contributed by atoms with van der Waals surface area (Å²) in [7, 11) is 0. The van der Waals surface area contributed by atoms with Gasteiger partial charge in [-0.3, -0.25) is 0 Å². The minimum atomic E-state index is -0.239. The first-order valence-electron chi connectivity index (χ1n) is 5.50. The Morgan fingerprint density at radius 2 is 2.00 bits per heavy atom. The quantitative estimate of drug-likeness (QED) is 0.818. The lowest BCUT2D eigenvalue weighted by Crippen LogP contribution is -2.23.